The highest BCUT2D eigenvalue weighted by molar-refractivity contribution is 14.0. The van der Waals surface area contributed by atoms with Gasteiger partial charge in [0, 0.05) is 32.1 Å². The molecule has 7 nitrogen and oxygen atoms in total. The Balaban J connectivity index is 0.00000484. The number of hydrogen-bond donors (Lipinski definition) is 3. The maximum absolute atomic E-state index is 11.8. The molecule has 1 amide bonds. The molecule has 2 atom stereocenters. The van der Waals surface area contributed by atoms with Gasteiger partial charge in [-0.15, -0.1) is 24.0 Å². The Hall–Kier alpha value is -0.580. The lowest BCUT2D eigenvalue weighted by atomic mass is 10.1. The summed E-state index contributed by atoms with van der Waals surface area (Å²) < 4.78 is 22.7. The van der Waals surface area contributed by atoms with Crippen LogP contribution in [0.25, 0.3) is 0 Å². The van der Waals surface area contributed by atoms with E-state index >= 15 is 0 Å². The first-order valence-electron chi connectivity index (χ1n) is 7.70. The molecule has 0 aromatic carbocycles. The fourth-order valence-electron chi connectivity index (χ4n) is 2.08. The third kappa shape index (κ3) is 8.73. The minimum absolute atomic E-state index is 0. The van der Waals surface area contributed by atoms with Gasteiger partial charge in [-0.3, -0.25) is 9.79 Å². The highest BCUT2D eigenvalue weighted by atomic mass is 127. The van der Waals surface area contributed by atoms with Crippen LogP contribution in [0.3, 0.4) is 0 Å². The Morgan fingerprint density at radius 2 is 1.96 bits per heavy atom. The number of carbonyl (C=O) groups excluding carboxylic acids is 1. The predicted octanol–water partition coefficient (Wildman–Crippen LogP) is 0.507. The van der Waals surface area contributed by atoms with Crippen molar-refractivity contribution in [3.05, 3.63) is 0 Å². The summed E-state index contributed by atoms with van der Waals surface area (Å²) in [6, 6.07) is 0.0413. The van der Waals surface area contributed by atoms with E-state index in [4.69, 9.17) is 0 Å². The van der Waals surface area contributed by atoms with Crippen LogP contribution < -0.4 is 16.0 Å². The molecule has 0 aromatic rings. The maximum Gasteiger partial charge on any atom is 0.222 e. The summed E-state index contributed by atoms with van der Waals surface area (Å²) in [5, 5.41) is 9.11. The van der Waals surface area contributed by atoms with Crippen LogP contribution in [0.1, 0.15) is 33.6 Å². The standard InChI is InChI=1S/C14H28N4O3S.HI/c1-10(2)11(3)17-14(15-4)16-7-5-13(19)18-12-6-8-22(20,21)9-12;/h10-12H,5-9H2,1-4H3,(H,18,19)(H2,15,16,17);1H. The summed E-state index contributed by atoms with van der Waals surface area (Å²) in [7, 11) is -1.27. The minimum Gasteiger partial charge on any atom is -0.356 e. The highest BCUT2D eigenvalue weighted by Crippen LogP contribution is 2.11. The highest BCUT2D eigenvalue weighted by Gasteiger charge is 2.28. The van der Waals surface area contributed by atoms with Gasteiger partial charge < -0.3 is 16.0 Å². The second-order valence-electron chi connectivity index (χ2n) is 6.09. The van der Waals surface area contributed by atoms with E-state index in [1.165, 1.54) is 0 Å². The van der Waals surface area contributed by atoms with Crippen LogP contribution in [-0.4, -0.2) is 57.5 Å². The van der Waals surface area contributed by atoms with Crippen molar-refractivity contribution in [2.45, 2.75) is 45.7 Å². The van der Waals surface area contributed by atoms with Crippen molar-refractivity contribution in [2.24, 2.45) is 10.9 Å². The third-order valence-corrected chi connectivity index (χ3v) is 5.60. The van der Waals surface area contributed by atoms with Crippen LogP contribution in [0.5, 0.6) is 0 Å². The van der Waals surface area contributed by atoms with Crippen LogP contribution in [0.4, 0.5) is 0 Å². The van der Waals surface area contributed by atoms with Gasteiger partial charge in [0.05, 0.1) is 11.5 Å². The molecule has 1 aliphatic heterocycles. The van der Waals surface area contributed by atoms with Gasteiger partial charge in [-0.05, 0) is 19.3 Å². The molecule has 1 heterocycles. The van der Waals surface area contributed by atoms with E-state index in [1.807, 2.05) is 0 Å². The zero-order chi connectivity index (χ0) is 16.8. The Morgan fingerprint density at radius 3 is 2.43 bits per heavy atom. The number of sulfone groups is 1. The average Bonchev–Trinajstić information content (AvgIpc) is 2.76. The van der Waals surface area contributed by atoms with Crippen molar-refractivity contribution in [2.75, 3.05) is 25.1 Å². The van der Waals surface area contributed by atoms with Crippen molar-refractivity contribution in [3.8, 4) is 0 Å². The largest absolute Gasteiger partial charge is 0.356 e. The molecular formula is C14H29IN4O3S. The summed E-state index contributed by atoms with van der Waals surface area (Å²) in [5.41, 5.74) is 0. The summed E-state index contributed by atoms with van der Waals surface area (Å²) in [4.78, 5) is 15.9. The lowest BCUT2D eigenvalue weighted by Crippen LogP contribution is -2.45. The summed E-state index contributed by atoms with van der Waals surface area (Å²) >= 11 is 0. The zero-order valence-electron chi connectivity index (χ0n) is 14.3. The van der Waals surface area contributed by atoms with Crippen LogP contribution in [0.15, 0.2) is 4.99 Å². The Bertz CT molecular complexity index is 508. The number of hydrogen-bond acceptors (Lipinski definition) is 4. The van der Waals surface area contributed by atoms with Crippen LogP contribution in [-0.2, 0) is 14.6 Å². The Morgan fingerprint density at radius 1 is 1.30 bits per heavy atom. The van der Waals surface area contributed by atoms with Crippen LogP contribution in [0, 0.1) is 5.92 Å². The van der Waals surface area contributed by atoms with Gasteiger partial charge in [-0.1, -0.05) is 13.8 Å². The monoisotopic (exact) mass is 460 g/mol. The molecule has 23 heavy (non-hydrogen) atoms. The predicted molar refractivity (Wildman–Crippen MR) is 104 cm³/mol. The number of amides is 1. The first-order valence-corrected chi connectivity index (χ1v) is 9.52. The van der Waals surface area contributed by atoms with Crippen molar-refractivity contribution in [1.29, 1.82) is 0 Å². The third-order valence-electron chi connectivity index (χ3n) is 3.83. The molecule has 1 saturated heterocycles. The van der Waals surface area contributed by atoms with Crippen molar-refractivity contribution < 1.29 is 13.2 Å². The SMILES string of the molecule is CN=C(NCCC(=O)NC1CCS(=O)(=O)C1)NC(C)C(C)C.I. The van der Waals surface area contributed by atoms with Gasteiger partial charge in [-0.25, -0.2) is 8.42 Å². The molecule has 1 fully saturated rings. The quantitative estimate of drug-likeness (QED) is 0.305. The van der Waals surface area contributed by atoms with E-state index in [9.17, 15) is 13.2 Å². The topological polar surface area (TPSA) is 99.7 Å². The maximum atomic E-state index is 11.8. The Kier molecular flexibility index (Phi) is 10.1. The fourth-order valence-corrected chi connectivity index (χ4v) is 3.75. The number of halogens is 1. The van der Waals surface area contributed by atoms with Gasteiger partial charge in [0.1, 0.15) is 0 Å². The molecule has 2 unspecified atom stereocenters. The number of nitrogens with one attached hydrogen (secondary N) is 3. The molecule has 0 aromatic heterocycles. The summed E-state index contributed by atoms with van der Waals surface area (Å²) in [6.45, 7) is 6.77. The molecule has 9 heteroatoms. The van der Waals surface area contributed by atoms with E-state index in [-0.39, 0.29) is 59.9 Å². The van der Waals surface area contributed by atoms with E-state index in [1.54, 1.807) is 7.05 Å². The molecule has 0 radical (unpaired) electrons. The number of aliphatic imine (C=N–C) groups is 1. The van der Waals surface area contributed by atoms with Gasteiger partial charge in [0.2, 0.25) is 5.91 Å². The molecule has 3 N–H and O–H groups in total. The van der Waals surface area contributed by atoms with Crippen molar-refractivity contribution in [3.63, 3.8) is 0 Å². The normalized spacial score (nSPS) is 21.4. The van der Waals surface area contributed by atoms with E-state index in [2.05, 4.69) is 41.7 Å². The second kappa shape index (κ2) is 10.3. The minimum atomic E-state index is -2.96. The molecule has 0 aliphatic carbocycles. The summed E-state index contributed by atoms with van der Waals surface area (Å²) in [5.74, 6) is 1.23. The number of nitrogens with zero attached hydrogens (tertiary/aromatic N) is 1. The Labute approximate surface area is 156 Å². The second-order valence-corrected chi connectivity index (χ2v) is 8.32. The molecule has 1 rings (SSSR count). The van der Waals surface area contributed by atoms with Crippen LogP contribution >= 0.6 is 24.0 Å². The zero-order valence-corrected chi connectivity index (χ0v) is 17.4. The van der Waals surface area contributed by atoms with Gasteiger partial charge in [0.25, 0.3) is 0 Å². The molecule has 136 valence electrons. The first kappa shape index (κ1) is 22.4. The van der Waals surface area contributed by atoms with E-state index in [0.717, 1.165) is 0 Å². The smallest absolute Gasteiger partial charge is 0.222 e. The number of carbonyl (C=O) groups is 1. The first-order chi connectivity index (χ1) is 10.2. The van der Waals surface area contributed by atoms with E-state index < -0.39 is 9.84 Å². The van der Waals surface area contributed by atoms with Gasteiger partial charge >= 0.3 is 0 Å². The van der Waals surface area contributed by atoms with E-state index in [0.29, 0.717) is 24.8 Å². The van der Waals surface area contributed by atoms with Crippen molar-refractivity contribution >= 4 is 45.7 Å². The molecule has 0 saturated carbocycles. The van der Waals surface area contributed by atoms with Gasteiger partial charge in [-0.2, -0.15) is 0 Å². The average molecular weight is 460 g/mol. The number of rotatable bonds is 6. The van der Waals surface area contributed by atoms with Gasteiger partial charge in [0.15, 0.2) is 15.8 Å². The summed E-state index contributed by atoms with van der Waals surface area (Å²) in [6.07, 6.45) is 0.796. The van der Waals surface area contributed by atoms with Crippen LogP contribution in [0.2, 0.25) is 0 Å². The molecule has 1 aliphatic rings. The fraction of sp³-hybridized carbons (Fsp3) is 0.857. The molecule has 0 bridgehead atoms. The number of guanidine groups is 1. The lowest BCUT2D eigenvalue weighted by molar-refractivity contribution is -0.121. The van der Waals surface area contributed by atoms with Crippen molar-refractivity contribution in [1.82, 2.24) is 16.0 Å². The molecular weight excluding hydrogens is 431 g/mol. The molecule has 0 spiro atoms. The lowest BCUT2D eigenvalue weighted by Gasteiger charge is -2.20.